The minimum Gasteiger partial charge on any atom is -0.461 e. The maximum absolute atomic E-state index is 11.6. The van der Waals surface area contributed by atoms with Crippen LogP contribution in [0.3, 0.4) is 0 Å². The van der Waals surface area contributed by atoms with Crippen LogP contribution in [0.15, 0.2) is 10.8 Å². The van der Waals surface area contributed by atoms with Gasteiger partial charge >= 0.3 is 5.97 Å². The first-order valence-corrected chi connectivity index (χ1v) is 5.51. The number of nitrogens with zero attached hydrogens (tertiary/aromatic N) is 1. The van der Waals surface area contributed by atoms with E-state index in [1.165, 1.54) is 6.39 Å². The van der Waals surface area contributed by atoms with Crippen molar-refractivity contribution in [2.75, 3.05) is 19.8 Å². The Morgan fingerprint density at radius 2 is 2.56 bits per heavy atom. The fourth-order valence-corrected chi connectivity index (χ4v) is 1.85. The van der Waals surface area contributed by atoms with E-state index in [2.05, 4.69) is 4.98 Å². The summed E-state index contributed by atoms with van der Waals surface area (Å²) in [4.78, 5) is 15.5. The quantitative estimate of drug-likeness (QED) is 0.733. The zero-order chi connectivity index (χ0) is 11.4. The lowest BCUT2D eigenvalue weighted by atomic mass is 9.98. The van der Waals surface area contributed by atoms with Gasteiger partial charge in [0.25, 0.3) is 0 Å². The molecule has 1 aliphatic heterocycles. The summed E-state index contributed by atoms with van der Waals surface area (Å²) in [6, 6.07) is 0. The molecule has 1 fully saturated rings. The topological polar surface area (TPSA) is 61.6 Å². The number of carbonyl (C=O) groups excluding carboxylic acids is 1. The second kappa shape index (κ2) is 5.12. The van der Waals surface area contributed by atoms with Crippen molar-refractivity contribution >= 4 is 5.97 Å². The normalized spacial score (nSPS) is 20.7. The number of oxazole rings is 1. The summed E-state index contributed by atoms with van der Waals surface area (Å²) in [5.74, 6) is 0.297. The number of carbonyl (C=O) groups is 1. The van der Waals surface area contributed by atoms with Gasteiger partial charge in [-0.1, -0.05) is 0 Å². The summed E-state index contributed by atoms with van der Waals surface area (Å²) in [7, 11) is 0. The Morgan fingerprint density at radius 1 is 1.69 bits per heavy atom. The highest BCUT2D eigenvalue weighted by atomic mass is 16.5. The van der Waals surface area contributed by atoms with Gasteiger partial charge in [0.15, 0.2) is 12.1 Å². The Kier molecular flexibility index (Phi) is 3.56. The minimum atomic E-state index is -0.420. The lowest BCUT2D eigenvalue weighted by Gasteiger charge is -2.20. The molecule has 0 N–H and O–H groups in total. The van der Waals surface area contributed by atoms with E-state index in [4.69, 9.17) is 13.9 Å². The molecule has 0 aliphatic carbocycles. The second-order valence-corrected chi connectivity index (χ2v) is 3.70. The van der Waals surface area contributed by atoms with Gasteiger partial charge in [0.05, 0.1) is 13.2 Å². The third-order valence-electron chi connectivity index (χ3n) is 2.59. The molecule has 1 aromatic heterocycles. The van der Waals surface area contributed by atoms with Gasteiger partial charge < -0.3 is 13.9 Å². The highest BCUT2D eigenvalue weighted by Gasteiger charge is 2.27. The fourth-order valence-electron chi connectivity index (χ4n) is 1.85. The monoisotopic (exact) mass is 225 g/mol. The number of aromatic nitrogens is 1. The molecule has 5 heteroatoms. The van der Waals surface area contributed by atoms with Crippen molar-refractivity contribution in [3.8, 4) is 0 Å². The molecule has 2 rings (SSSR count). The van der Waals surface area contributed by atoms with E-state index in [1.807, 2.05) is 0 Å². The van der Waals surface area contributed by atoms with Gasteiger partial charge in [-0.05, 0) is 19.8 Å². The van der Waals surface area contributed by atoms with Gasteiger partial charge in [-0.2, -0.15) is 0 Å². The Hall–Kier alpha value is -1.36. The molecule has 1 saturated heterocycles. The molecule has 1 atom stereocenters. The number of ether oxygens (including phenoxy) is 2. The third kappa shape index (κ3) is 2.24. The van der Waals surface area contributed by atoms with Gasteiger partial charge in [0.2, 0.25) is 0 Å². The lowest BCUT2D eigenvalue weighted by Crippen LogP contribution is -2.18. The molecule has 0 saturated carbocycles. The van der Waals surface area contributed by atoms with Gasteiger partial charge in [0.1, 0.15) is 5.76 Å². The van der Waals surface area contributed by atoms with E-state index in [0.29, 0.717) is 19.0 Å². The molecule has 0 amide bonds. The van der Waals surface area contributed by atoms with E-state index < -0.39 is 5.97 Å². The van der Waals surface area contributed by atoms with Crippen molar-refractivity contribution < 1.29 is 18.7 Å². The number of hydrogen-bond acceptors (Lipinski definition) is 5. The van der Waals surface area contributed by atoms with Crippen LogP contribution in [0, 0.1) is 0 Å². The SMILES string of the molecule is CCOC(=O)c1ncoc1C1CCCOC1. The Balaban J connectivity index is 2.14. The van der Waals surface area contributed by atoms with Crippen LogP contribution in [0.4, 0.5) is 0 Å². The van der Waals surface area contributed by atoms with Crippen molar-refractivity contribution in [1.29, 1.82) is 0 Å². The Labute approximate surface area is 93.7 Å². The number of esters is 1. The van der Waals surface area contributed by atoms with Crippen LogP contribution in [-0.4, -0.2) is 30.8 Å². The first-order chi connectivity index (χ1) is 7.83. The summed E-state index contributed by atoms with van der Waals surface area (Å²) in [5.41, 5.74) is 0.289. The lowest BCUT2D eigenvalue weighted by molar-refractivity contribution is 0.0505. The molecule has 2 heterocycles. The van der Waals surface area contributed by atoms with Crippen molar-refractivity contribution in [1.82, 2.24) is 4.98 Å². The smallest absolute Gasteiger partial charge is 0.360 e. The van der Waals surface area contributed by atoms with Crippen LogP contribution in [0.2, 0.25) is 0 Å². The van der Waals surface area contributed by atoms with E-state index in [-0.39, 0.29) is 11.6 Å². The molecule has 88 valence electrons. The van der Waals surface area contributed by atoms with E-state index in [1.54, 1.807) is 6.92 Å². The molecule has 0 radical (unpaired) electrons. The predicted molar refractivity (Wildman–Crippen MR) is 55.3 cm³/mol. The Bertz CT molecular complexity index is 355. The molecule has 1 aliphatic rings. The maximum atomic E-state index is 11.6. The van der Waals surface area contributed by atoms with Crippen molar-refractivity contribution in [2.45, 2.75) is 25.7 Å². The summed E-state index contributed by atoms with van der Waals surface area (Å²) >= 11 is 0. The number of rotatable bonds is 3. The van der Waals surface area contributed by atoms with Gasteiger partial charge in [0, 0.05) is 12.5 Å². The number of hydrogen-bond donors (Lipinski definition) is 0. The molecule has 16 heavy (non-hydrogen) atoms. The van der Waals surface area contributed by atoms with Gasteiger partial charge in [-0.25, -0.2) is 9.78 Å². The Morgan fingerprint density at radius 3 is 3.25 bits per heavy atom. The van der Waals surface area contributed by atoms with E-state index in [9.17, 15) is 4.79 Å². The first kappa shape index (κ1) is 11.1. The summed E-state index contributed by atoms with van der Waals surface area (Å²) in [6.45, 7) is 3.47. The van der Waals surface area contributed by atoms with Crippen molar-refractivity contribution in [3.05, 3.63) is 17.8 Å². The largest absolute Gasteiger partial charge is 0.461 e. The zero-order valence-electron chi connectivity index (χ0n) is 9.27. The van der Waals surface area contributed by atoms with Crippen LogP contribution in [-0.2, 0) is 9.47 Å². The first-order valence-electron chi connectivity index (χ1n) is 5.51. The average molecular weight is 225 g/mol. The molecule has 0 bridgehead atoms. The van der Waals surface area contributed by atoms with Crippen LogP contribution in [0.25, 0.3) is 0 Å². The zero-order valence-corrected chi connectivity index (χ0v) is 9.27. The van der Waals surface area contributed by atoms with E-state index in [0.717, 1.165) is 19.4 Å². The van der Waals surface area contributed by atoms with Gasteiger partial charge in [-0.3, -0.25) is 0 Å². The highest BCUT2D eigenvalue weighted by Crippen LogP contribution is 2.27. The molecule has 5 nitrogen and oxygen atoms in total. The second-order valence-electron chi connectivity index (χ2n) is 3.70. The van der Waals surface area contributed by atoms with Gasteiger partial charge in [-0.15, -0.1) is 0 Å². The average Bonchev–Trinajstić information content (AvgIpc) is 2.79. The third-order valence-corrected chi connectivity index (χ3v) is 2.59. The fraction of sp³-hybridized carbons (Fsp3) is 0.636. The van der Waals surface area contributed by atoms with E-state index >= 15 is 0 Å². The summed E-state index contributed by atoms with van der Waals surface area (Å²) < 4.78 is 15.6. The van der Waals surface area contributed by atoms with Crippen LogP contribution in [0.1, 0.15) is 41.9 Å². The van der Waals surface area contributed by atoms with Crippen LogP contribution in [0.5, 0.6) is 0 Å². The maximum Gasteiger partial charge on any atom is 0.360 e. The molecular weight excluding hydrogens is 210 g/mol. The summed E-state index contributed by atoms with van der Waals surface area (Å²) in [5, 5.41) is 0. The predicted octanol–water partition coefficient (Wildman–Crippen LogP) is 1.75. The molecule has 1 aromatic rings. The van der Waals surface area contributed by atoms with Crippen molar-refractivity contribution in [3.63, 3.8) is 0 Å². The summed E-state index contributed by atoms with van der Waals surface area (Å²) in [6.07, 6.45) is 3.23. The van der Waals surface area contributed by atoms with Crippen molar-refractivity contribution in [2.24, 2.45) is 0 Å². The molecule has 0 aromatic carbocycles. The molecule has 0 spiro atoms. The molecular formula is C11H15NO4. The minimum absolute atomic E-state index is 0.121. The molecule has 1 unspecified atom stereocenters. The van der Waals surface area contributed by atoms with Crippen LogP contribution < -0.4 is 0 Å². The van der Waals surface area contributed by atoms with Crippen LogP contribution >= 0.6 is 0 Å². The highest BCUT2D eigenvalue weighted by molar-refractivity contribution is 5.88. The standard InChI is InChI=1S/C11H15NO4/c1-2-15-11(13)9-10(16-7-12-9)8-4-3-5-14-6-8/h7-8H,2-6H2,1H3.